The maximum absolute atomic E-state index is 11.4. The highest BCUT2D eigenvalue weighted by Gasteiger charge is 2.21. The maximum atomic E-state index is 11.4. The normalized spacial score (nSPS) is 11.7. The van der Waals surface area contributed by atoms with E-state index in [1.807, 2.05) is 24.3 Å². The Morgan fingerprint density at radius 3 is 2.26 bits per heavy atom. The summed E-state index contributed by atoms with van der Waals surface area (Å²) in [7, 11) is 1.64. The molecule has 0 aliphatic heterocycles. The van der Waals surface area contributed by atoms with Crippen LogP contribution in [-0.4, -0.2) is 19.5 Å². The van der Waals surface area contributed by atoms with E-state index in [0.29, 0.717) is 16.9 Å². The lowest BCUT2D eigenvalue weighted by Crippen LogP contribution is -2.33. The van der Waals surface area contributed by atoms with E-state index in [1.54, 1.807) is 7.05 Å². The molecule has 0 fully saturated rings. The lowest BCUT2D eigenvalue weighted by Gasteiger charge is -2.29. The van der Waals surface area contributed by atoms with Gasteiger partial charge >= 0.3 is 0 Å². The van der Waals surface area contributed by atoms with Crippen molar-refractivity contribution in [2.24, 2.45) is 11.3 Å². The number of amides is 1. The van der Waals surface area contributed by atoms with Gasteiger partial charge in [-0.3, -0.25) is 4.79 Å². The van der Waals surface area contributed by atoms with Gasteiger partial charge < -0.3 is 10.6 Å². The summed E-state index contributed by atoms with van der Waals surface area (Å²) in [4.78, 5) is 11.4. The molecular weight excluding hydrogens is 236 g/mol. The van der Waals surface area contributed by atoms with E-state index >= 15 is 0 Å². The van der Waals surface area contributed by atoms with Crippen molar-refractivity contribution < 1.29 is 4.79 Å². The van der Waals surface area contributed by atoms with E-state index in [1.165, 1.54) is 5.56 Å². The third-order valence-electron chi connectivity index (χ3n) is 3.92. The van der Waals surface area contributed by atoms with Crippen LogP contribution in [-0.2, 0) is 6.54 Å². The van der Waals surface area contributed by atoms with Gasteiger partial charge in [0.05, 0.1) is 0 Å². The van der Waals surface area contributed by atoms with Crippen molar-refractivity contribution in [2.45, 2.75) is 34.2 Å². The quantitative estimate of drug-likeness (QED) is 0.827. The highest BCUT2D eigenvalue weighted by molar-refractivity contribution is 5.93. The standard InChI is InChI=1S/C16H26N2O/c1-12(2)16(3,4)11-18-10-13-6-8-14(9-7-13)15(19)17-5/h6-9,12,18H,10-11H2,1-5H3,(H,17,19). The average Bonchev–Trinajstić information content (AvgIpc) is 2.38. The largest absolute Gasteiger partial charge is 0.355 e. The molecule has 3 nitrogen and oxygen atoms in total. The SMILES string of the molecule is CNC(=O)c1ccc(CNCC(C)(C)C(C)C)cc1. The number of carbonyl (C=O) groups is 1. The summed E-state index contributed by atoms with van der Waals surface area (Å²) >= 11 is 0. The average molecular weight is 262 g/mol. The van der Waals surface area contributed by atoms with Crippen LogP contribution in [0.15, 0.2) is 24.3 Å². The highest BCUT2D eigenvalue weighted by atomic mass is 16.1. The molecule has 1 rings (SSSR count). The molecular formula is C16H26N2O. The second-order valence-corrected chi connectivity index (χ2v) is 6.02. The molecule has 0 aliphatic carbocycles. The van der Waals surface area contributed by atoms with Gasteiger partial charge in [-0.15, -0.1) is 0 Å². The van der Waals surface area contributed by atoms with Crippen LogP contribution in [0, 0.1) is 11.3 Å². The Kier molecular flexibility index (Phi) is 5.55. The number of hydrogen-bond acceptors (Lipinski definition) is 2. The van der Waals surface area contributed by atoms with Gasteiger partial charge in [-0.25, -0.2) is 0 Å². The Balaban J connectivity index is 2.49. The molecule has 0 aliphatic rings. The van der Waals surface area contributed by atoms with E-state index < -0.39 is 0 Å². The Labute approximate surface area is 116 Å². The summed E-state index contributed by atoms with van der Waals surface area (Å²) in [5.74, 6) is 0.607. The summed E-state index contributed by atoms with van der Waals surface area (Å²) in [5.41, 5.74) is 2.20. The van der Waals surface area contributed by atoms with Crippen LogP contribution in [0.2, 0.25) is 0 Å². The third kappa shape index (κ3) is 4.67. The molecule has 3 heteroatoms. The van der Waals surface area contributed by atoms with E-state index in [0.717, 1.165) is 13.1 Å². The fourth-order valence-electron chi connectivity index (χ4n) is 1.65. The molecule has 0 radical (unpaired) electrons. The minimum atomic E-state index is -0.0412. The van der Waals surface area contributed by atoms with Crippen LogP contribution < -0.4 is 10.6 Å². The molecule has 2 N–H and O–H groups in total. The molecule has 1 amide bonds. The number of rotatable bonds is 6. The van der Waals surface area contributed by atoms with E-state index in [4.69, 9.17) is 0 Å². The molecule has 0 atom stereocenters. The lowest BCUT2D eigenvalue weighted by atomic mass is 9.81. The molecule has 19 heavy (non-hydrogen) atoms. The molecule has 0 bridgehead atoms. The molecule has 0 aromatic heterocycles. The molecule has 0 heterocycles. The van der Waals surface area contributed by atoms with Crippen molar-refractivity contribution in [3.8, 4) is 0 Å². The summed E-state index contributed by atoms with van der Waals surface area (Å²) in [5, 5.41) is 6.11. The van der Waals surface area contributed by atoms with E-state index in [2.05, 4.69) is 38.3 Å². The second kappa shape index (κ2) is 6.71. The van der Waals surface area contributed by atoms with Crippen molar-refractivity contribution in [2.75, 3.05) is 13.6 Å². The molecule has 0 saturated carbocycles. The smallest absolute Gasteiger partial charge is 0.251 e. The molecule has 1 aromatic rings. The first-order valence-corrected chi connectivity index (χ1v) is 6.88. The van der Waals surface area contributed by atoms with Crippen molar-refractivity contribution in [1.82, 2.24) is 10.6 Å². The molecule has 0 spiro atoms. The zero-order chi connectivity index (χ0) is 14.5. The summed E-state index contributed by atoms with van der Waals surface area (Å²) in [6, 6.07) is 7.73. The van der Waals surface area contributed by atoms with Crippen LogP contribution >= 0.6 is 0 Å². The maximum Gasteiger partial charge on any atom is 0.251 e. The minimum absolute atomic E-state index is 0.0412. The van der Waals surface area contributed by atoms with Gasteiger partial charge in [0.15, 0.2) is 0 Å². The van der Waals surface area contributed by atoms with Crippen LogP contribution in [0.25, 0.3) is 0 Å². The number of nitrogens with one attached hydrogen (secondary N) is 2. The van der Waals surface area contributed by atoms with Gasteiger partial charge in [-0.1, -0.05) is 39.8 Å². The second-order valence-electron chi connectivity index (χ2n) is 6.02. The van der Waals surface area contributed by atoms with Crippen LogP contribution in [0.1, 0.15) is 43.6 Å². The number of benzene rings is 1. The van der Waals surface area contributed by atoms with Crippen LogP contribution in [0.3, 0.4) is 0 Å². The number of carbonyl (C=O) groups excluding carboxylic acids is 1. The van der Waals surface area contributed by atoms with Crippen LogP contribution in [0.5, 0.6) is 0 Å². The first-order valence-electron chi connectivity index (χ1n) is 6.88. The highest BCUT2D eigenvalue weighted by Crippen LogP contribution is 2.24. The first-order chi connectivity index (χ1) is 8.86. The zero-order valence-corrected chi connectivity index (χ0v) is 12.7. The Morgan fingerprint density at radius 2 is 1.79 bits per heavy atom. The van der Waals surface area contributed by atoms with Gasteiger partial charge in [-0.05, 0) is 29.0 Å². The van der Waals surface area contributed by atoms with E-state index in [-0.39, 0.29) is 5.91 Å². The molecule has 0 saturated heterocycles. The zero-order valence-electron chi connectivity index (χ0n) is 12.7. The monoisotopic (exact) mass is 262 g/mol. The van der Waals surface area contributed by atoms with Gasteiger partial charge in [0, 0.05) is 25.7 Å². The predicted molar refractivity (Wildman–Crippen MR) is 80.2 cm³/mol. The lowest BCUT2D eigenvalue weighted by molar-refractivity contribution is 0.0963. The van der Waals surface area contributed by atoms with Crippen LogP contribution in [0.4, 0.5) is 0 Å². The Hall–Kier alpha value is -1.35. The van der Waals surface area contributed by atoms with E-state index in [9.17, 15) is 4.79 Å². The Morgan fingerprint density at radius 1 is 1.21 bits per heavy atom. The number of hydrogen-bond donors (Lipinski definition) is 2. The van der Waals surface area contributed by atoms with Crippen molar-refractivity contribution in [3.05, 3.63) is 35.4 Å². The predicted octanol–water partition coefficient (Wildman–Crippen LogP) is 2.82. The minimum Gasteiger partial charge on any atom is -0.355 e. The molecule has 0 unspecified atom stereocenters. The summed E-state index contributed by atoms with van der Waals surface area (Å²) in [6.45, 7) is 10.9. The third-order valence-corrected chi connectivity index (χ3v) is 3.92. The van der Waals surface area contributed by atoms with Gasteiger partial charge in [0.1, 0.15) is 0 Å². The first kappa shape index (κ1) is 15.7. The Bertz CT molecular complexity index is 407. The van der Waals surface area contributed by atoms with Gasteiger partial charge in [0.2, 0.25) is 0 Å². The molecule has 106 valence electrons. The summed E-state index contributed by atoms with van der Waals surface area (Å²) in [6.07, 6.45) is 0. The topological polar surface area (TPSA) is 41.1 Å². The fraction of sp³-hybridized carbons (Fsp3) is 0.562. The molecule has 1 aromatic carbocycles. The fourth-order valence-corrected chi connectivity index (χ4v) is 1.65. The summed E-state index contributed by atoms with van der Waals surface area (Å²) < 4.78 is 0. The van der Waals surface area contributed by atoms with Gasteiger partial charge in [-0.2, -0.15) is 0 Å². The van der Waals surface area contributed by atoms with Crippen molar-refractivity contribution in [3.63, 3.8) is 0 Å². The van der Waals surface area contributed by atoms with Crippen molar-refractivity contribution >= 4 is 5.91 Å². The van der Waals surface area contributed by atoms with Crippen molar-refractivity contribution in [1.29, 1.82) is 0 Å². The van der Waals surface area contributed by atoms with Gasteiger partial charge in [0.25, 0.3) is 5.91 Å².